The summed E-state index contributed by atoms with van der Waals surface area (Å²) >= 11 is 0. The molecule has 1 aliphatic carbocycles. The molecular weight excluding hydrogens is 308 g/mol. The molecule has 0 heterocycles. The topological polar surface area (TPSA) is 23.5 Å². The Morgan fingerprint density at radius 3 is 2.46 bits per heavy atom. The summed E-state index contributed by atoms with van der Waals surface area (Å²) in [5.74, 6) is -0.573. The number of fused-ring (bicyclic) bond motifs is 2. The van der Waals surface area contributed by atoms with Crippen molar-refractivity contribution in [3.05, 3.63) is 70.3 Å². The highest BCUT2D eigenvalue weighted by atomic mass is 19.1. The summed E-state index contributed by atoms with van der Waals surface area (Å²) in [7, 11) is 4.01. The number of hydrogen-bond donors (Lipinski definition) is 1. The van der Waals surface area contributed by atoms with Gasteiger partial charge in [-0.3, -0.25) is 0 Å². The van der Waals surface area contributed by atoms with E-state index in [0.717, 1.165) is 24.1 Å². The van der Waals surface area contributed by atoms with Crippen molar-refractivity contribution in [1.29, 1.82) is 0 Å². The van der Waals surface area contributed by atoms with Crippen LogP contribution in [0.15, 0.2) is 36.4 Å². The van der Waals surface area contributed by atoms with Gasteiger partial charge in [-0.15, -0.1) is 0 Å². The van der Waals surface area contributed by atoms with Gasteiger partial charge in [-0.25, -0.2) is 8.78 Å². The maximum absolute atomic E-state index is 13.9. The fraction of sp³-hybridized carbons (Fsp3) is 0.400. The van der Waals surface area contributed by atoms with Gasteiger partial charge < -0.3 is 10.0 Å². The van der Waals surface area contributed by atoms with Crippen molar-refractivity contribution in [2.75, 3.05) is 20.6 Å². The zero-order valence-electron chi connectivity index (χ0n) is 14.3. The molecule has 0 fully saturated rings. The fourth-order valence-electron chi connectivity index (χ4n) is 3.70. The molecule has 2 atom stereocenters. The quantitative estimate of drug-likeness (QED) is 0.924. The number of hydrogen-bond acceptors (Lipinski definition) is 2. The third-order valence-electron chi connectivity index (χ3n) is 4.96. The zero-order chi connectivity index (χ0) is 17.5. The summed E-state index contributed by atoms with van der Waals surface area (Å²) in [6.07, 6.45) is 1.49. The number of nitrogens with zero attached hydrogens (tertiary/aromatic N) is 1. The SMILES string of the molecule is CN(C)CCC1Cc2cc(F)ccc2C(C)(O)c2cc(F)ccc21. The van der Waals surface area contributed by atoms with Crippen LogP contribution in [0.2, 0.25) is 0 Å². The number of rotatable bonds is 3. The van der Waals surface area contributed by atoms with Gasteiger partial charge in [-0.1, -0.05) is 12.1 Å². The second kappa shape index (κ2) is 6.26. The third-order valence-corrected chi connectivity index (χ3v) is 4.96. The van der Waals surface area contributed by atoms with E-state index >= 15 is 0 Å². The lowest BCUT2D eigenvalue weighted by molar-refractivity contribution is 0.101. The molecule has 0 amide bonds. The van der Waals surface area contributed by atoms with Gasteiger partial charge >= 0.3 is 0 Å². The largest absolute Gasteiger partial charge is 0.381 e. The van der Waals surface area contributed by atoms with Gasteiger partial charge in [0.05, 0.1) is 0 Å². The molecule has 2 unspecified atom stereocenters. The Kier molecular flexibility index (Phi) is 4.45. The summed E-state index contributed by atoms with van der Waals surface area (Å²) in [5, 5.41) is 11.2. The lowest BCUT2D eigenvalue weighted by Gasteiger charge is -2.27. The minimum Gasteiger partial charge on any atom is -0.381 e. The molecule has 2 aromatic carbocycles. The van der Waals surface area contributed by atoms with Gasteiger partial charge in [0.25, 0.3) is 0 Å². The van der Waals surface area contributed by atoms with E-state index in [2.05, 4.69) is 4.90 Å². The van der Waals surface area contributed by atoms with E-state index < -0.39 is 5.60 Å². The van der Waals surface area contributed by atoms with Crippen molar-refractivity contribution in [2.24, 2.45) is 0 Å². The van der Waals surface area contributed by atoms with Crippen molar-refractivity contribution >= 4 is 0 Å². The van der Waals surface area contributed by atoms with E-state index in [9.17, 15) is 13.9 Å². The zero-order valence-corrected chi connectivity index (χ0v) is 14.3. The second-order valence-corrected chi connectivity index (χ2v) is 7.10. The standard InChI is InChI=1S/C20H23F2NO/c1-20(24)18-7-5-15(21)11-14(18)10-13(8-9-23(2)3)17-6-4-16(22)12-19(17)20/h4-7,11-13,24H,8-10H2,1-3H3. The molecule has 2 nitrogen and oxygen atoms in total. The van der Waals surface area contributed by atoms with Gasteiger partial charge in [0.1, 0.15) is 17.2 Å². The second-order valence-electron chi connectivity index (χ2n) is 7.10. The molecule has 24 heavy (non-hydrogen) atoms. The summed E-state index contributed by atoms with van der Waals surface area (Å²) in [6, 6.07) is 9.08. The molecule has 0 aromatic heterocycles. The Balaban J connectivity index is 2.17. The van der Waals surface area contributed by atoms with E-state index in [-0.39, 0.29) is 17.6 Å². The van der Waals surface area contributed by atoms with Crippen LogP contribution in [0.5, 0.6) is 0 Å². The molecule has 1 aliphatic rings. The average Bonchev–Trinajstić information content (AvgIpc) is 2.59. The highest BCUT2D eigenvalue weighted by molar-refractivity contribution is 5.49. The molecule has 1 N–H and O–H groups in total. The molecular formula is C20H23F2NO. The number of aliphatic hydroxyl groups is 1. The van der Waals surface area contributed by atoms with Crippen LogP contribution in [-0.4, -0.2) is 30.6 Å². The van der Waals surface area contributed by atoms with E-state index in [1.165, 1.54) is 24.3 Å². The van der Waals surface area contributed by atoms with Crippen molar-refractivity contribution in [3.63, 3.8) is 0 Å². The van der Waals surface area contributed by atoms with Crippen LogP contribution in [0.3, 0.4) is 0 Å². The maximum atomic E-state index is 13.9. The Morgan fingerprint density at radius 2 is 1.75 bits per heavy atom. The monoisotopic (exact) mass is 331 g/mol. The minimum atomic E-state index is -1.34. The van der Waals surface area contributed by atoms with E-state index in [4.69, 9.17) is 0 Å². The lowest BCUT2D eigenvalue weighted by Crippen LogP contribution is -2.25. The number of benzene rings is 2. The van der Waals surface area contributed by atoms with E-state index in [1.807, 2.05) is 14.1 Å². The molecule has 2 aromatic rings. The van der Waals surface area contributed by atoms with Crippen molar-refractivity contribution in [2.45, 2.75) is 31.3 Å². The predicted molar refractivity (Wildman–Crippen MR) is 91.1 cm³/mol. The van der Waals surface area contributed by atoms with Crippen LogP contribution in [0.1, 0.15) is 41.5 Å². The summed E-state index contributed by atoms with van der Waals surface area (Å²) in [6.45, 7) is 2.53. The highest BCUT2D eigenvalue weighted by Crippen LogP contribution is 2.43. The Morgan fingerprint density at radius 1 is 1.08 bits per heavy atom. The van der Waals surface area contributed by atoms with Gasteiger partial charge in [0.15, 0.2) is 0 Å². The first kappa shape index (κ1) is 17.1. The van der Waals surface area contributed by atoms with Crippen LogP contribution >= 0.6 is 0 Å². The van der Waals surface area contributed by atoms with E-state index in [1.54, 1.807) is 19.1 Å². The number of halogens is 2. The molecule has 0 radical (unpaired) electrons. The summed E-state index contributed by atoms with van der Waals surface area (Å²) < 4.78 is 27.6. The molecule has 0 spiro atoms. The first-order chi connectivity index (χ1) is 11.3. The first-order valence-electron chi connectivity index (χ1n) is 8.25. The normalized spacial score (nSPS) is 22.9. The fourth-order valence-corrected chi connectivity index (χ4v) is 3.70. The predicted octanol–water partition coefficient (Wildman–Crippen LogP) is 3.81. The van der Waals surface area contributed by atoms with Gasteiger partial charge in [0.2, 0.25) is 0 Å². The molecule has 128 valence electrons. The molecule has 0 saturated heterocycles. The molecule has 0 saturated carbocycles. The van der Waals surface area contributed by atoms with Gasteiger partial charge in [0, 0.05) is 0 Å². The molecule has 3 rings (SSSR count). The van der Waals surface area contributed by atoms with Crippen molar-refractivity contribution < 1.29 is 13.9 Å². The first-order valence-corrected chi connectivity index (χ1v) is 8.25. The molecule has 0 aliphatic heterocycles. The highest BCUT2D eigenvalue weighted by Gasteiger charge is 2.36. The minimum absolute atomic E-state index is 0.109. The van der Waals surface area contributed by atoms with Crippen LogP contribution in [-0.2, 0) is 12.0 Å². The summed E-state index contributed by atoms with van der Waals surface area (Å²) in [4.78, 5) is 2.10. The Hall–Kier alpha value is -1.78. The molecule has 4 heteroatoms. The Labute approximate surface area is 141 Å². The van der Waals surface area contributed by atoms with Crippen molar-refractivity contribution in [1.82, 2.24) is 4.90 Å². The van der Waals surface area contributed by atoms with Crippen LogP contribution in [0, 0.1) is 11.6 Å². The summed E-state index contributed by atoms with van der Waals surface area (Å²) in [5.41, 5.74) is 1.63. The van der Waals surface area contributed by atoms with E-state index in [0.29, 0.717) is 17.5 Å². The maximum Gasteiger partial charge on any atom is 0.123 e. The Bertz CT molecular complexity index is 755. The van der Waals surface area contributed by atoms with Crippen LogP contribution in [0.4, 0.5) is 8.78 Å². The third kappa shape index (κ3) is 3.08. The van der Waals surface area contributed by atoms with Crippen LogP contribution < -0.4 is 0 Å². The smallest absolute Gasteiger partial charge is 0.123 e. The lowest BCUT2D eigenvalue weighted by atomic mass is 9.84. The van der Waals surface area contributed by atoms with Crippen molar-refractivity contribution in [3.8, 4) is 0 Å². The average molecular weight is 331 g/mol. The van der Waals surface area contributed by atoms with Crippen LogP contribution in [0.25, 0.3) is 0 Å². The van der Waals surface area contributed by atoms with Gasteiger partial charge in [-0.2, -0.15) is 0 Å². The molecule has 0 bridgehead atoms. The van der Waals surface area contributed by atoms with Gasteiger partial charge in [-0.05, 0) is 92.8 Å².